The van der Waals surface area contributed by atoms with Crippen LogP contribution in [0.25, 0.3) is 0 Å². The van der Waals surface area contributed by atoms with Crippen LogP contribution in [0.5, 0.6) is 0 Å². The number of alkyl halides is 3. The third-order valence-corrected chi connectivity index (χ3v) is 9.28. The minimum absolute atomic E-state index is 0.0165. The van der Waals surface area contributed by atoms with Crippen molar-refractivity contribution < 1.29 is 46.2 Å². The fourth-order valence-corrected chi connectivity index (χ4v) is 7.30. The number of amides is 1. The first kappa shape index (κ1) is 35.2. The van der Waals surface area contributed by atoms with Crippen molar-refractivity contribution >= 4 is 27.9 Å². The molecule has 14 heteroatoms. The maximum Gasteiger partial charge on any atom is 0.416 e. The first-order valence-corrected chi connectivity index (χ1v) is 15.3. The van der Waals surface area contributed by atoms with E-state index in [2.05, 4.69) is 19.2 Å². The highest BCUT2D eigenvalue weighted by Gasteiger charge is 2.41. The Bertz CT molecular complexity index is 1190. The summed E-state index contributed by atoms with van der Waals surface area (Å²) in [5, 5.41) is 18.7. The first-order valence-electron chi connectivity index (χ1n) is 13.9. The van der Waals surface area contributed by atoms with Gasteiger partial charge < -0.3 is 20.4 Å². The Hall–Kier alpha value is -2.97. The number of likely N-dealkylation sites (N-methyl/N-ethyl adjacent to an activating group) is 1. The Morgan fingerprint density at radius 2 is 1.55 bits per heavy atom. The molecule has 1 atom stereocenters. The van der Waals surface area contributed by atoms with Crippen molar-refractivity contribution in [2.75, 3.05) is 20.1 Å². The zero-order valence-corrected chi connectivity index (χ0v) is 24.8. The fraction of sp³-hybridized carbons (Fsp3) is 0.607. The Morgan fingerprint density at radius 1 is 1.02 bits per heavy atom. The molecule has 1 aliphatic heterocycles. The van der Waals surface area contributed by atoms with E-state index in [4.69, 9.17) is 10.2 Å². The molecule has 1 aliphatic carbocycles. The molecule has 1 aromatic carbocycles. The van der Waals surface area contributed by atoms with E-state index in [1.807, 2.05) is 0 Å². The summed E-state index contributed by atoms with van der Waals surface area (Å²) in [4.78, 5) is 33.5. The highest BCUT2D eigenvalue weighted by atomic mass is 32.2. The van der Waals surface area contributed by atoms with Crippen LogP contribution in [0.4, 0.5) is 13.2 Å². The highest BCUT2D eigenvalue weighted by Crippen LogP contribution is 2.36. The SMILES string of the molecule is CN[C@@H](CC(C)C)C(=O)N1CCC(N(C2CCCC2)S(=O)(=O)c2cccc(C(F)(F)F)c2)CC1.O=C(O)C=CC(=O)O. The predicted molar refractivity (Wildman–Crippen MR) is 149 cm³/mol. The van der Waals surface area contributed by atoms with E-state index in [9.17, 15) is 36.0 Å². The number of sulfonamides is 1. The van der Waals surface area contributed by atoms with E-state index in [1.54, 1.807) is 11.9 Å². The molecule has 0 radical (unpaired) electrons. The smallest absolute Gasteiger partial charge is 0.416 e. The Labute approximate surface area is 244 Å². The number of piperidine rings is 1. The quantitative estimate of drug-likeness (QED) is 0.334. The topological polar surface area (TPSA) is 144 Å². The number of carboxylic acids is 2. The maximum absolute atomic E-state index is 13.7. The molecule has 42 heavy (non-hydrogen) atoms. The standard InChI is InChI=1S/C24H36F3N3O3S.C4H4O4/c1-17(2)15-22(28-3)23(31)29-13-11-20(12-14-29)30(19-8-4-5-9-19)34(32,33)21-10-6-7-18(16-21)24(25,26)27;5-3(6)1-2-4(7)8/h6-7,10,16-17,19-20,22,28H,4-5,8-9,11-15H2,1-3H3;1-2H,(H,5,6)(H,7,8)/t22-;/m0./s1. The monoisotopic (exact) mass is 619 g/mol. The highest BCUT2D eigenvalue weighted by molar-refractivity contribution is 7.89. The molecule has 1 aromatic rings. The van der Waals surface area contributed by atoms with Crippen LogP contribution in [0.1, 0.15) is 64.4 Å². The molecule has 1 heterocycles. The van der Waals surface area contributed by atoms with Gasteiger partial charge in [-0.25, -0.2) is 18.0 Å². The molecule has 3 N–H and O–H groups in total. The number of rotatable bonds is 10. The molecule has 236 valence electrons. The molecule has 0 aromatic heterocycles. The Balaban J connectivity index is 0.000000675. The predicted octanol–water partition coefficient (Wildman–Crippen LogP) is 3.98. The largest absolute Gasteiger partial charge is 0.478 e. The molecule has 2 aliphatic rings. The molecule has 3 rings (SSSR count). The van der Waals surface area contributed by atoms with Gasteiger partial charge in [0.2, 0.25) is 15.9 Å². The van der Waals surface area contributed by atoms with Gasteiger partial charge >= 0.3 is 18.1 Å². The van der Waals surface area contributed by atoms with Gasteiger partial charge in [-0.15, -0.1) is 0 Å². The summed E-state index contributed by atoms with van der Waals surface area (Å²) < 4.78 is 68.5. The average molecular weight is 620 g/mol. The molecule has 0 unspecified atom stereocenters. The molecule has 10 nitrogen and oxygen atoms in total. The van der Waals surface area contributed by atoms with Gasteiger partial charge in [0, 0.05) is 37.3 Å². The third-order valence-electron chi connectivity index (χ3n) is 7.28. The van der Waals surface area contributed by atoms with E-state index < -0.39 is 33.7 Å². The number of aliphatic carboxylic acids is 2. The van der Waals surface area contributed by atoms with Gasteiger partial charge in [0.15, 0.2) is 0 Å². The van der Waals surface area contributed by atoms with Crippen LogP contribution in [0.15, 0.2) is 41.3 Å². The summed E-state index contributed by atoms with van der Waals surface area (Å²) >= 11 is 0. The lowest BCUT2D eigenvalue weighted by Gasteiger charge is -2.41. The lowest BCUT2D eigenvalue weighted by molar-refractivity contribution is -0.138. The minimum Gasteiger partial charge on any atom is -0.478 e. The summed E-state index contributed by atoms with van der Waals surface area (Å²) in [6.45, 7) is 4.98. The van der Waals surface area contributed by atoms with Crippen LogP contribution in [-0.2, 0) is 30.6 Å². The van der Waals surface area contributed by atoms with Crippen LogP contribution in [-0.4, -0.2) is 83.9 Å². The summed E-state index contributed by atoms with van der Waals surface area (Å²) in [6.07, 6.45) is 1.36. The third kappa shape index (κ3) is 10.1. The fourth-order valence-electron chi connectivity index (χ4n) is 5.32. The second-order valence-electron chi connectivity index (χ2n) is 10.8. The summed E-state index contributed by atoms with van der Waals surface area (Å²) in [5.41, 5.74) is -0.969. The van der Waals surface area contributed by atoms with Crippen molar-refractivity contribution in [2.24, 2.45) is 5.92 Å². The van der Waals surface area contributed by atoms with Crippen LogP contribution in [0, 0.1) is 5.92 Å². The van der Waals surface area contributed by atoms with Gasteiger partial charge in [-0.1, -0.05) is 32.8 Å². The zero-order chi connectivity index (χ0) is 31.7. The van der Waals surface area contributed by atoms with Crippen LogP contribution in [0.2, 0.25) is 0 Å². The van der Waals surface area contributed by atoms with Gasteiger partial charge in [0.1, 0.15) is 0 Å². The second-order valence-corrected chi connectivity index (χ2v) is 12.7. The van der Waals surface area contributed by atoms with Gasteiger partial charge in [-0.3, -0.25) is 4.79 Å². The maximum atomic E-state index is 13.7. The van der Waals surface area contributed by atoms with Gasteiger partial charge in [-0.05, 0) is 63.3 Å². The van der Waals surface area contributed by atoms with Crippen molar-refractivity contribution in [3.63, 3.8) is 0 Å². The molecular formula is C28H40F3N3O7S. The van der Waals surface area contributed by atoms with Gasteiger partial charge in [-0.2, -0.15) is 17.5 Å². The zero-order valence-electron chi connectivity index (χ0n) is 24.0. The summed E-state index contributed by atoms with van der Waals surface area (Å²) in [7, 11) is -2.36. The second kappa shape index (κ2) is 15.5. The van der Waals surface area contributed by atoms with Crippen molar-refractivity contribution in [2.45, 2.75) is 88.0 Å². The number of nitrogens with zero attached hydrogens (tertiary/aromatic N) is 2. The number of hydrogen-bond donors (Lipinski definition) is 3. The van der Waals surface area contributed by atoms with Crippen LogP contribution >= 0.6 is 0 Å². The van der Waals surface area contributed by atoms with Crippen LogP contribution < -0.4 is 5.32 Å². The number of hydrogen-bond acceptors (Lipinski definition) is 6. The van der Waals surface area contributed by atoms with E-state index in [0.29, 0.717) is 63.3 Å². The molecule has 1 amide bonds. The number of carbonyl (C=O) groups excluding carboxylic acids is 1. The lowest BCUT2D eigenvalue weighted by atomic mass is 9.99. The van der Waals surface area contributed by atoms with Crippen molar-refractivity contribution in [3.8, 4) is 0 Å². The van der Waals surface area contributed by atoms with E-state index in [-0.39, 0.29) is 28.9 Å². The van der Waals surface area contributed by atoms with Gasteiger partial charge in [0.05, 0.1) is 16.5 Å². The van der Waals surface area contributed by atoms with Crippen molar-refractivity contribution in [1.29, 1.82) is 0 Å². The Morgan fingerprint density at radius 3 is 2.00 bits per heavy atom. The molecule has 2 fully saturated rings. The van der Waals surface area contributed by atoms with E-state index >= 15 is 0 Å². The molecule has 1 saturated heterocycles. The summed E-state index contributed by atoms with van der Waals surface area (Å²) in [5.74, 6) is -2.14. The first-order chi connectivity index (χ1) is 19.6. The van der Waals surface area contributed by atoms with Crippen LogP contribution in [0.3, 0.4) is 0 Å². The molecular weight excluding hydrogens is 579 g/mol. The Kier molecular flexibility index (Phi) is 13.0. The number of nitrogens with one attached hydrogen (secondary N) is 1. The van der Waals surface area contributed by atoms with Crippen molar-refractivity contribution in [1.82, 2.24) is 14.5 Å². The molecule has 0 spiro atoms. The normalized spacial score (nSPS) is 17.9. The number of likely N-dealkylation sites (tertiary alicyclic amines) is 1. The lowest BCUT2D eigenvalue weighted by Crippen LogP contribution is -2.54. The molecule has 1 saturated carbocycles. The number of carbonyl (C=O) groups is 3. The van der Waals surface area contributed by atoms with E-state index in [1.165, 1.54) is 10.4 Å². The number of halogens is 3. The van der Waals surface area contributed by atoms with Crippen molar-refractivity contribution in [3.05, 3.63) is 42.0 Å². The average Bonchev–Trinajstić information content (AvgIpc) is 3.44. The number of carboxylic acid groups (broad SMARTS) is 2. The number of benzene rings is 1. The summed E-state index contributed by atoms with van der Waals surface area (Å²) in [6, 6.07) is 3.17. The van der Waals surface area contributed by atoms with Gasteiger partial charge in [0.25, 0.3) is 0 Å². The van der Waals surface area contributed by atoms with E-state index in [0.717, 1.165) is 31.0 Å². The minimum atomic E-state index is -4.62. The molecule has 0 bridgehead atoms.